The fourth-order valence-corrected chi connectivity index (χ4v) is 3.38. The van der Waals surface area contributed by atoms with E-state index in [1.54, 1.807) is 26.0 Å². The predicted octanol–water partition coefficient (Wildman–Crippen LogP) is 3.41. The molecule has 0 radical (unpaired) electrons. The summed E-state index contributed by atoms with van der Waals surface area (Å²) in [7, 11) is 0. The molecule has 0 bridgehead atoms. The number of aryl methyl sites for hydroxylation is 2. The lowest BCUT2D eigenvalue weighted by atomic mass is 10.0. The second-order valence-corrected chi connectivity index (χ2v) is 7.38. The molecule has 0 aliphatic rings. The molecular weight excluding hydrogens is 429 g/mol. The van der Waals surface area contributed by atoms with Crippen LogP contribution in [-0.4, -0.2) is 25.7 Å². The molecule has 0 saturated heterocycles. The number of halogens is 1. The van der Waals surface area contributed by atoms with Crippen LogP contribution < -0.4 is 16.0 Å². The summed E-state index contributed by atoms with van der Waals surface area (Å²) in [6, 6.07) is 12.6. The van der Waals surface area contributed by atoms with E-state index in [2.05, 4.69) is 10.1 Å². The molecule has 33 heavy (non-hydrogen) atoms. The third-order valence-corrected chi connectivity index (χ3v) is 4.94. The maximum absolute atomic E-state index is 13.2. The van der Waals surface area contributed by atoms with Crippen molar-refractivity contribution in [1.29, 1.82) is 0 Å². The van der Waals surface area contributed by atoms with Gasteiger partial charge in [0.1, 0.15) is 29.3 Å². The molecule has 0 saturated carbocycles. The molecule has 1 aromatic heterocycles. The van der Waals surface area contributed by atoms with Gasteiger partial charge in [-0.25, -0.2) is 9.18 Å². The average Bonchev–Trinajstić information content (AvgIpc) is 2.77. The zero-order valence-electron chi connectivity index (χ0n) is 17.6. The summed E-state index contributed by atoms with van der Waals surface area (Å²) in [5, 5.41) is 14.0. The summed E-state index contributed by atoms with van der Waals surface area (Å²) in [5.74, 6) is -0.394. The number of H-pyrrole nitrogens is 1. The summed E-state index contributed by atoms with van der Waals surface area (Å²) in [4.78, 5) is 38.2. The van der Waals surface area contributed by atoms with Crippen LogP contribution >= 0.6 is 0 Å². The molecule has 0 amide bonds. The number of nitrogens with one attached hydrogen (secondary N) is 1. The number of carbonyl (C=O) groups is 1. The van der Waals surface area contributed by atoms with E-state index in [0.717, 1.165) is 10.9 Å². The van der Waals surface area contributed by atoms with Crippen LogP contribution in [0.15, 0.2) is 70.4 Å². The second kappa shape index (κ2) is 8.54. The molecule has 1 heterocycles. The summed E-state index contributed by atoms with van der Waals surface area (Å²) < 4.78 is 20.2. The molecule has 4 rings (SSSR count). The van der Waals surface area contributed by atoms with Gasteiger partial charge in [-0.1, -0.05) is 0 Å². The third-order valence-electron chi connectivity index (χ3n) is 4.94. The summed E-state index contributed by atoms with van der Waals surface area (Å²) in [6.07, 6.45) is 1.01. The van der Waals surface area contributed by atoms with Gasteiger partial charge in [0.05, 0.1) is 11.3 Å². The van der Waals surface area contributed by atoms with Gasteiger partial charge in [0.25, 0.3) is 5.56 Å². The number of carbonyl (C=O) groups excluding carboxylic acids is 1. The Hall–Kier alpha value is -4.53. The smallest absolute Gasteiger partial charge is 0.349 e. The summed E-state index contributed by atoms with van der Waals surface area (Å²) in [6.45, 7) is 3.54. The van der Waals surface area contributed by atoms with Gasteiger partial charge in [-0.2, -0.15) is 9.78 Å². The van der Waals surface area contributed by atoms with Gasteiger partial charge in [0, 0.05) is 5.56 Å². The molecule has 8 nitrogen and oxygen atoms in total. The Kier molecular flexibility index (Phi) is 5.61. The van der Waals surface area contributed by atoms with Gasteiger partial charge in [-0.15, -0.1) is 0 Å². The minimum Gasteiger partial charge on any atom is -0.507 e. The van der Waals surface area contributed by atoms with Gasteiger partial charge < -0.3 is 9.84 Å². The molecular formula is C24H18FN3O5. The Morgan fingerprint density at radius 2 is 1.70 bits per heavy atom. The number of rotatable bonds is 5. The van der Waals surface area contributed by atoms with Crippen molar-refractivity contribution in [1.82, 2.24) is 14.8 Å². The van der Waals surface area contributed by atoms with Crippen LogP contribution in [-0.2, 0) is 0 Å². The number of benzene rings is 3. The second-order valence-electron chi connectivity index (χ2n) is 7.38. The lowest BCUT2D eigenvalue weighted by Crippen LogP contribution is -2.30. The Balaban J connectivity index is 1.67. The van der Waals surface area contributed by atoms with Crippen LogP contribution in [0.4, 0.5) is 4.39 Å². The number of phenols is 1. The highest BCUT2D eigenvalue weighted by molar-refractivity contribution is 6.10. The van der Waals surface area contributed by atoms with Gasteiger partial charge >= 0.3 is 5.69 Å². The standard InChI is InChI=1S/C24H18FN3O5/c1-13-9-17(28-24(32)27-21(30)12-26-28)10-14(2)23(13)33-18-7-8-20(29)19(11-18)22(31)15-3-5-16(25)6-4-15/h3-12,29H,1-2H3,(H,27,30,32). The molecule has 4 aromatic rings. The van der Waals surface area contributed by atoms with Crippen LogP contribution in [0.2, 0.25) is 0 Å². The van der Waals surface area contributed by atoms with Crippen molar-refractivity contribution >= 4 is 5.78 Å². The number of aromatic amines is 1. The van der Waals surface area contributed by atoms with Crippen LogP contribution in [0, 0.1) is 19.7 Å². The molecule has 0 spiro atoms. The van der Waals surface area contributed by atoms with Crippen LogP contribution in [0.3, 0.4) is 0 Å². The first kappa shape index (κ1) is 21.7. The van der Waals surface area contributed by atoms with Crippen LogP contribution in [0.25, 0.3) is 5.69 Å². The fraction of sp³-hybridized carbons (Fsp3) is 0.0833. The molecule has 9 heteroatoms. The fourth-order valence-electron chi connectivity index (χ4n) is 3.38. The van der Waals surface area contributed by atoms with E-state index in [9.17, 15) is 23.9 Å². The first-order valence-electron chi connectivity index (χ1n) is 9.84. The molecule has 0 unspecified atom stereocenters. The Labute approximate surface area is 186 Å². The van der Waals surface area contributed by atoms with Crippen molar-refractivity contribution in [3.8, 4) is 22.9 Å². The predicted molar refractivity (Wildman–Crippen MR) is 118 cm³/mol. The van der Waals surface area contributed by atoms with E-state index in [0.29, 0.717) is 28.3 Å². The lowest BCUT2D eigenvalue weighted by Gasteiger charge is -2.15. The van der Waals surface area contributed by atoms with E-state index >= 15 is 0 Å². The molecule has 0 aliphatic carbocycles. The minimum atomic E-state index is -0.669. The van der Waals surface area contributed by atoms with Crippen molar-refractivity contribution in [3.05, 3.63) is 110 Å². The van der Waals surface area contributed by atoms with Crippen molar-refractivity contribution in [3.63, 3.8) is 0 Å². The van der Waals surface area contributed by atoms with E-state index in [-0.39, 0.29) is 16.9 Å². The Morgan fingerprint density at radius 1 is 1.03 bits per heavy atom. The SMILES string of the molecule is Cc1cc(-n2ncc(=O)[nH]c2=O)cc(C)c1Oc1ccc(O)c(C(=O)c2ccc(F)cc2)c1. The van der Waals surface area contributed by atoms with Gasteiger partial charge in [0.2, 0.25) is 0 Å². The monoisotopic (exact) mass is 447 g/mol. The average molecular weight is 447 g/mol. The largest absolute Gasteiger partial charge is 0.507 e. The van der Waals surface area contributed by atoms with Crippen molar-refractivity contribution in [2.24, 2.45) is 0 Å². The summed E-state index contributed by atoms with van der Waals surface area (Å²) in [5.41, 5.74) is 0.750. The number of hydrogen-bond acceptors (Lipinski definition) is 6. The normalized spacial score (nSPS) is 10.8. The molecule has 3 aromatic carbocycles. The number of hydrogen-bond donors (Lipinski definition) is 2. The first-order valence-corrected chi connectivity index (χ1v) is 9.84. The highest BCUT2D eigenvalue weighted by Gasteiger charge is 2.17. The van der Waals surface area contributed by atoms with Gasteiger partial charge in [0.15, 0.2) is 5.78 Å². The van der Waals surface area contributed by atoms with Gasteiger partial charge in [-0.05, 0) is 79.6 Å². The van der Waals surface area contributed by atoms with Crippen LogP contribution in [0.1, 0.15) is 27.0 Å². The summed E-state index contributed by atoms with van der Waals surface area (Å²) >= 11 is 0. The minimum absolute atomic E-state index is 0.00928. The third kappa shape index (κ3) is 4.42. The van der Waals surface area contributed by atoms with Gasteiger partial charge in [-0.3, -0.25) is 14.6 Å². The Morgan fingerprint density at radius 3 is 2.33 bits per heavy atom. The van der Waals surface area contributed by atoms with Crippen molar-refractivity contribution in [2.45, 2.75) is 13.8 Å². The van der Waals surface area contributed by atoms with E-state index in [1.807, 2.05) is 0 Å². The van der Waals surface area contributed by atoms with Crippen molar-refractivity contribution < 1.29 is 19.0 Å². The number of ether oxygens (including phenoxy) is 1. The van der Waals surface area contributed by atoms with Crippen molar-refractivity contribution in [2.75, 3.05) is 0 Å². The van der Waals surface area contributed by atoms with E-state index in [4.69, 9.17) is 4.74 Å². The number of ketones is 1. The highest BCUT2D eigenvalue weighted by Crippen LogP contribution is 2.33. The van der Waals surface area contributed by atoms with Crippen LogP contribution in [0.5, 0.6) is 17.2 Å². The lowest BCUT2D eigenvalue weighted by molar-refractivity contribution is 0.103. The number of phenolic OH excluding ortho intramolecular Hbond substituents is 1. The number of aromatic hydroxyl groups is 1. The number of aromatic nitrogens is 3. The molecule has 0 fully saturated rings. The van der Waals surface area contributed by atoms with E-state index < -0.39 is 22.8 Å². The zero-order valence-corrected chi connectivity index (χ0v) is 17.6. The molecule has 166 valence electrons. The molecule has 0 atom stereocenters. The topological polar surface area (TPSA) is 114 Å². The quantitative estimate of drug-likeness (QED) is 0.453. The number of nitrogens with zero attached hydrogens (tertiary/aromatic N) is 2. The Bertz CT molecular complexity index is 1470. The molecule has 2 N–H and O–H groups in total. The maximum atomic E-state index is 13.2. The maximum Gasteiger partial charge on any atom is 0.349 e. The first-order chi connectivity index (χ1) is 15.7. The molecule has 0 aliphatic heterocycles. The van der Waals surface area contributed by atoms with E-state index in [1.165, 1.54) is 42.5 Å². The zero-order chi connectivity index (χ0) is 23.7. The highest BCUT2D eigenvalue weighted by atomic mass is 19.1.